The van der Waals surface area contributed by atoms with Gasteiger partial charge in [0, 0.05) is 5.92 Å². The largest absolute Gasteiger partial charge is 0.246 e. The highest BCUT2D eigenvalue weighted by Crippen LogP contribution is 2.41. The van der Waals surface area contributed by atoms with Crippen molar-refractivity contribution in [1.82, 2.24) is 19.9 Å². The SMILES string of the molecule is Cc1ncnc2ncc(C3CCc4ccccc4C3C)nc12. The highest BCUT2D eigenvalue weighted by molar-refractivity contribution is 5.71. The first-order valence-electron chi connectivity index (χ1n) is 7.76. The van der Waals surface area contributed by atoms with Gasteiger partial charge in [-0.05, 0) is 36.8 Å². The molecule has 0 saturated carbocycles. The molecule has 2 heterocycles. The van der Waals surface area contributed by atoms with E-state index < -0.39 is 0 Å². The number of hydrogen-bond acceptors (Lipinski definition) is 4. The van der Waals surface area contributed by atoms with E-state index in [1.807, 2.05) is 13.1 Å². The average Bonchev–Trinajstić information content (AvgIpc) is 2.56. The van der Waals surface area contributed by atoms with Crippen LogP contribution in [0.3, 0.4) is 0 Å². The molecule has 3 aromatic rings. The average molecular weight is 290 g/mol. The van der Waals surface area contributed by atoms with Crippen molar-refractivity contribution in [3.8, 4) is 0 Å². The molecule has 22 heavy (non-hydrogen) atoms. The van der Waals surface area contributed by atoms with Crippen LogP contribution in [0.15, 0.2) is 36.8 Å². The molecule has 2 unspecified atom stereocenters. The van der Waals surface area contributed by atoms with Crippen LogP contribution in [0.1, 0.15) is 47.7 Å². The Morgan fingerprint density at radius 3 is 2.86 bits per heavy atom. The molecule has 0 fully saturated rings. The molecule has 0 N–H and O–H groups in total. The maximum Gasteiger partial charge on any atom is 0.181 e. The summed E-state index contributed by atoms with van der Waals surface area (Å²) < 4.78 is 0. The molecule has 2 aromatic heterocycles. The Bertz CT molecular complexity index is 843. The molecule has 0 spiro atoms. The Kier molecular flexibility index (Phi) is 3.10. The number of rotatable bonds is 1. The third-order valence-electron chi connectivity index (χ3n) is 4.80. The third kappa shape index (κ3) is 2.06. The molecular weight excluding hydrogens is 272 g/mol. The van der Waals surface area contributed by atoms with E-state index in [0.717, 1.165) is 29.7 Å². The molecular formula is C18H18N4. The van der Waals surface area contributed by atoms with Crippen LogP contribution in [0.4, 0.5) is 0 Å². The van der Waals surface area contributed by atoms with Crippen molar-refractivity contribution >= 4 is 11.2 Å². The fraction of sp³-hybridized carbons (Fsp3) is 0.333. The Balaban J connectivity index is 1.78. The molecule has 1 aromatic carbocycles. The number of aryl methyl sites for hydroxylation is 2. The number of aromatic nitrogens is 4. The monoisotopic (exact) mass is 290 g/mol. The fourth-order valence-corrected chi connectivity index (χ4v) is 3.53. The van der Waals surface area contributed by atoms with E-state index in [9.17, 15) is 0 Å². The van der Waals surface area contributed by atoms with Gasteiger partial charge in [0.25, 0.3) is 0 Å². The lowest BCUT2D eigenvalue weighted by atomic mass is 9.75. The van der Waals surface area contributed by atoms with Gasteiger partial charge in [0.1, 0.15) is 11.8 Å². The minimum Gasteiger partial charge on any atom is -0.246 e. The molecule has 4 nitrogen and oxygen atoms in total. The highest BCUT2D eigenvalue weighted by Gasteiger charge is 2.28. The summed E-state index contributed by atoms with van der Waals surface area (Å²) in [5.41, 5.74) is 6.38. The zero-order chi connectivity index (χ0) is 15.1. The second kappa shape index (κ2) is 5.13. The van der Waals surface area contributed by atoms with Gasteiger partial charge in [-0.15, -0.1) is 0 Å². The van der Waals surface area contributed by atoms with E-state index in [0.29, 0.717) is 17.5 Å². The number of nitrogens with zero attached hydrogens (tertiary/aromatic N) is 4. The second-order valence-electron chi connectivity index (χ2n) is 6.06. The lowest BCUT2D eigenvalue weighted by molar-refractivity contribution is 0.491. The summed E-state index contributed by atoms with van der Waals surface area (Å²) in [7, 11) is 0. The fourth-order valence-electron chi connectivity index (χ4n) is 3.53. The number of hydrogen-bond donors (Lipinski definition) is 0. The van der Waals surface area contributed by atoms with Crippen molar-refractivity contribution < 1.29 is 0 Å². The first-order valence-corrected chi connectivity index (χ1v) is 7.76. The second-order valence-corrected chi connectivity index (χ2v) is 6.06. The van der Waals surface area contributed by atoms with Crippen LogP contribution in [-0.4, -0.2) is 19.9 Å². The molecule has 0 bridgehead atoms. The summed E-state index contributed by atoms with van der Waals surface area (Å²) in [5, 5.41) is 0. The molecule has 4 heteroatoms. The summed E-state index contributed by atoms with van der Waals surface area (Å²) in [5.74, 6) is 0.869. The van der Waals surface area contributed by atoms with Gasteiger partial charge in [0.2, 0.25) is 0 Å². The van der Waals surface area contributed by atoms with Crippen LogP contribution in [0.5, 0.6) is 0 Å². The van der Waals surface area contributed by atoms with E-state index in [-0.39, 0.29) is 0 Å². The summed E-state index contributed by atoms with van der Waals surface area (Å²) in [6, 6.07) is 8.74. The molecule has 110 valence electrons. The minimum atomic E-state index is 0.409. The lowest BCUT2D eigenvalue weighted by Gasteiger charge is -2.30. The zero-order valence-electron chi connectivity index (χ0n) is 12.8. The molecule has 0 radical (unpaired) electrons. The predicted octanol–water partition coefficient (Wildman–Crippen LogP) is 3.56. The van der Waals surface area contributed by atoms with Crippen molar-refractivity contribution in [3.63, 3.8) is 0 Å². The Morgan fingerprint density at radius 2 is 1.95 bits per heavy atom. The first-order chi connectivity index (χ1) is 10.7. The van der Waals surface area contributed by atoms with Crippen LogP contribution in [0, 0.1) is 6.92 Å². The molecule has 1 aliphatic rings. The van der Waals surface area contributed by atoms with E-state index in [1.165, 1.54) is 11.1 Å². The molecule has 4 rings (SSSR count). The van der Waals surface area contributed by atoms with Gasteiger partial charge in [-0.3, -0.25) is 0 Å². The van der Waals surface area contributed by atoms with E-state index >= 15 is 0 Å². The lowest BCUT2D eigenvalue weighted by Crippen LogP contribution is -2.18. The van der Waals surface area contributed by atoms with Gasteiger partial charge in [0.05, 0.1) is 17.6 Å². The number of fused-ring (bicyclic) bond motifs is 2. The summed E-state index contributed by atoms with van der Waals surface area (Å²) in [6.07, 6.45) is 5.66. The van der Waals surface area contributed by atoms with Gasteiger partial charge >= 0.3 is 0 Å². The first kappa shape index (κ1) is 13.3. The molecule has 0 saturated heterocycles. The molecule has 2 atom stereocenters. The quantitative estimate of drug-likeness (QED) is 0.687. The summed E-state index contributed by atoms with van der Waals surface area (Å²) >= 11 is 0. The van der Waals surface area contributed by atoms with Gasteiger partial charge < -0.3 is 0 Å². The number of benzene rings is 1. The third-order valence-corrected chi connectivity index (χ3v) is 4.80. The standard InChI is InChI=1S/C18H18N4/c1-11-14-6-4-3-5-13(14)7-8-15(11)16-9-19-18-17(22-16)12(2)20-10-21-18/h3-6,9-11,15H,7-8H2,1-2H3. The molecule has 0 amide bonds. The Hall–Kier alpha value is -2.36. The van der Waals surface area contributed by atoms with Gasteiger partial charge in [-0.25, -0.2) is 19.9 Å². The van der Waals surface area contributed by atoms with E-state index in [1.54, 1.807) is 6.33 Å². The van der Waals surface area contributed by atoms with Crippen LogP contribution in [0.2, 0.25) is 0 Å². The van der Waals surface area contributed by atoms with Crippen molar-refractivity contribution in [3.05, 3.63) is 59.3 Å². The molecule has 1 aliphatic carbocycles. The van der Waals surface area contributed by atoms with Gasteiger partial charge in [-0.2, -0.15) is 0 Å². The highest BCUT2D eigenvalue weighted by atomic mass is 15.0. The zero-order valence-corrected chi connectivity index (χ0v) is 12.8. The van der Waals surface area contributed by atoms with Crippen LogP contribution < -0.4 is 0 Å². The van der Waals surface area contributed by atoms with E-state index in [2.05, 4.69) is 46.1 Å². The van der Waals surface area contributed by atoms with E-state index in [4.69, 9.17) is 4.98 Å². The smallest absolute Gasteiger partial charge is 0.181 e. The summed E-state index contributed by atoms with van der Waals surface area (Å²) in [6.45, 7) is 4.25. The van der Waals surface area contributed by atoms with Gasteiger partial charge in [0.15, 0.2) is 5.65 Å². The van der Waals surface area contributed by atoms with Crippen LogP contribution in [0.25, 0.3) is 11.2 Å². The summed E-state index contributed by atoms with van der Waals surface area (Å²) in [4.78, 5) is 17.8. The maximum absolute atomic E-state index is 4.83. The Morgan fingerprint density at radius 1 is 1.09 bits per heavy atom. The maximum atomic E-state index is 4.83. The topological polar surface area (TPSA) is 51.6 Å². The van der Waals surface area contributed by atoms with Crippen molar-refractivity contribution in [2.75, 3.05) is 0 Å². The molecule has 0 aliphatic heterocycles. The normalized spacial score (nSPS) is 20.8. The van der Waals surface area contributed by atoms with Crippen molar-refractivity contribution in [2.24, 2.45) is 0 Å². The van der Waals surface area contributed by atoms with Crippen LogP contribution in [-0.2, 0) is 6.42 Å². The van der Waals surface area contributed by atoms with Gasteiger partial charge in [-0.1, -0.05) is 31.2 Å². The van der Waals surface area contributed by atoms with Crippen molar-refractivity contribution in [2.45, 2.75) is 38.5 Å². The predicted molar refractivity (Wildman–Crippen MR) is 85.8 cm³/mol. The van der Waals surface area contributed by atoms with Crippen molar-refractivity contribution in [1.29, 1.82) is 0 Å². The Labute approximate surface area is 129 Å². The minimum absolute atomic E-state index is 0.409. The van der Waals surface area contributed by atoms with Crippen LogP contribution >= 0.6 is 0 Å².